The van der Waals surface area contributed by atoms with Crippen molar-refractivity contribution in [2.45, 2.75) is 58.2 Å². The van der Waals surface area contributed by atoms with Gasteiger partial charge in [0.25, 0.3) is 5.91 Å². The molecule has 2 fully saturated rings. The second kappa shape index (κ2) is 10.6. The molecule has 6 heteroatoms. The Morgan fingerprint density at radius 1 is 1.21 bits per heavy atom. The van der Waals surface area contributed by atoms with Crippen LogP contribution in [0.1, 0.15) is 51.9 Å². The van der Waals surface area contributed by atoms with Crippen LogP contribution < -0.4 is 0 Å². The standard InChI is InChI=1S/C22H38N2O4/c1-3-27-22-18(10-7-15-25)19(17-8-5-4-6-9-17)16-20(28-22)21(26)24-13-11-23(2)12-14-24/h16-19,22,25H,3-15H2,1-2H3/t18-,19+,22+/m1/s1. The number of hydrogen-bond acceptors (Lipinski definition) is 5. The van der Waals surface area contributed by atoms with Gasteiger partial charge < -0.3 is 24.4 Å². The largest absolute Gasteiger partial charge is 0.459 e. The van der Waals surface area contributed by atoms with E-state index in [1.54, 1.807) is 0 Å². The maximum atomic E-state index is 13.2. The molecule has 1 aliphatic carbocycles. The summed E-state index contributed by atoms with van der Waals surface area (Å²) in [6.45, 7) is 6.02. The Labute approximate surface area is 169 Å². The molecule has 28 heavy (non-hydrogen) atoms. The van der Waals surface area contributed by atoms with E-state index in [0.717, 1.165) is 39.0 Å². The molecule has 0 unspecified atom stereocenters. The van der Waals surface area contributed by atoms with Crippen LogP contribution in [0, 0.1) is 17.8 Å². The Kier molecular flexibility index (Phi) is 8.18. The number of carbonyl (C=O) groups is 1. The first-order chi connectivity index (χ1) is 13.6. The first-order valence-corrected chi connectivity index (χ1v) is 11.2. The van der Waals surface area contributed by atoms with Crippen molar-refractivity contribution in [3.05, 3.63) is 11.8 Å². The molecule has 6 nitrogen and oxygen atoms in total. The molecule has 0 bridgehead atoms. The van der Waals surface area contributed by atoms with Gasteiger partial charge in [-0.3, -0.25) is 4.79 Å². The van der Waals surface area contributed by atoms with Crippen LogP contribution in [0.5, 0.6) is 0 Å². The molecule has 3 atom stereocenters. The van der Waals surface area contributed by atoms with Crippen LogP contribution in [0.15, 0.2) is 11.8 Å². The van der Waals surface area contributed by atoms with Crippen LogP contribution >= 0.6 is 0 Å². The molecule has 3 rings (SSSR count). The Balaban J connectivity index is 1.81. The molecule has 0 aromatic heterocycles. The lowest BCUT2D eigenvalue weighted by Gasteiger charge is -2.42. The maximum absolute atomic E-state index is 13.2. The van der Waals surface area contributed by atoms with Crippen LogP contribution in [-0.4, -0.2) is 73.5 Å². The predicted octanol–water partition coefficient (Wildman–Crippen LogP) is 2.62. The minimum Gasteiger partial charge on any atom is -0.459 e. The van der Waals surface area contributed by atoms with Gasteiger partial charge >= 0.3 is 0 Å². The van der Waals surface area contributed by atoms with Crippen LogP contribution in [-0.2, 0) is 14.3 Å². The molecule has 0 radical (unpaired) electrons. The van der Waals surface area contributed by atoms with E-state index in [4.69, 9.17) is 9.47 Å². The molecule has 0 spiro atoms. The number of amides is 1. The number of ether oxygens (including phenoxy) is 2. The minimum atomic E-state index is -0.389. The number of carbonyl (C=O) groups excluding carboxylic acids is 1. The maximum Gasteiger partial charge on any atom is 0.288 e. The predicted molar refractivity (Wildman–Crippen MR) is 109 cm³/mol. The molecular formula is C22H38N2O4. The van der Waals surface area contributed by atoms with Crippen molar-refractivity contribution in [1.29, 1.82) is 0 Å². The molecular weight excluding hydrogens is 356 g/mol. The Morgan fingerprint density at radius 3 is 2.57 bits per heavy atom. The molecule has 1 amide bonds. The van der Waals surface area contributed by atoms with Crippen molar-refractivity contribution in [3.63, 3.8) is 0 Å². The van der Waals surface area contributed by atoms with Crippen LogP contribution in [0.3, 0.4) is 0 Å². The van der Waals surface area contributed by atoms with Gasteiger partial charge in [-0.2, -0.15) is 0 Å². The molecule has 0 aromatic carbocycles. The highest BCUT2D eigenvalue weighted by Crippen LogP contribution is 2.42. The van der Waals surface area contributed by atoms with Crippen LogP contribution in [0.4, 0.5) is 0 Å². The zero-order valence-corrected chi connectivity index (χ0v) is 17.6. The van der Waals surface area contributed by atoms with Gasteiger partial charge in [0, 0.05) is 45.3 Å². The minimum absolute atomic E-state index is 0.0132. The van der Waals surface area contributed by atoms with Gasteiger partial charge in [0.05, 0.1) is 0 Å². The smallest absolute Gasteiger partial charge is 0.288 e. The zero-order valence-electron chi connectivity index (χ0n) is 17.6. The Hall–Kier alpha value is -1.11. The summed E-state index contributed by atoms with van der Waals surface area (Å²) in [5.74, 6) is 1.58. The van der Waals surface area contributed by atoms with E-state index in [-0.39, 0.29) is 24.7 Å². The SMILES string of the molecule is CCO[C@H]1OC(C(=O)N2CCN(C)CC2)=C[C@@H](C2CCCCC2)[C@H]1CCCO. The Morgan fingerprint density at radius 2 is 1.93 bits per heavy atom. The van der Waals surface area contributed by atoms with Crippen LogP contribution in [0.2, 0.25) is 0 Å². The van der Waals surface area contributed by atoms with Gasteiger partial charge in [-0.25, -0.2) is 0 Å². The number of nitrogens with zero attached hydrogens (tertiary/aromatic N) is 2. The number of rotatable bonds is 7. The van der Waals surface area contributed by atoms with Crippen molar-refractivity contribution < 1.29 is 19.4 Å². The highest BCUT2D eigenvalue weighted by Gasteiger charge is 2.41. The molecule has 2 aliphatic heterocycles. The van der Waals surface area contributed by atoms with Crippen LogP contribution in [0.25, 0.3) is 0 Å². The summed E-state index contributed by atoms with van der Waals surface area (Å²) in [7, 11) is 2.09. The summed E-state index contributed by atoms with van der Waals surface area (Å²) in [6, 6.07) is 0. The first kappa shape index (κ1) is 21.6. The lowest BCUT2D eigenvalue weighted by molar-refractivity contribution is -0.180. The molecule has 3 aliphatic rings. The number of hydrogen-bond donors (Lipinski definition) is 1. The van der Waals surface area contributed by atoms with Crippen molar-refractivity contribution >= 4 is 5.91 Å². The summed E-state index contributed by atoms with van der Waals surface area (Å²) in [6.07, 6.45) is 9.62. The van der Waals surface area contributed by atoms with Gasteiger partial charge in [0.2, 0.25) is 6.29 Å². The molecule has 0 aromatic rings. The van der Waals surface area contributed by atoms with E-state index >= 15 is 0 Å². The van der Waals surface area contributed by atoms with Gasteiger partial charge in [-0.1, -0.05) is 19.3 Å². The van der Waals surface area contributed by atoms with Gasteiger partial charge in [0.1, 0.15) is 0 Å². The quantitative estimate of drug-likeness (QED) is 0.719. The summed E-state index contributed by atoms with van der Waals surface area (Å²) < 4.78 is 12.1. The molecule has 1 saturated heterocycles. The van der Waals surface area contributed by atoms with Gasteiger partial charge in [0.15, 0.2) is 5.76 Å². The van der Waals surface area contributed by atoms with Crippen molar-refractivity contribution in [2.75, 3.05) is 46.4 Å². The molecule has 1 N–H and O–H groups in total. The number of aliphatic hydroxyl groups excluding tert-OH is 1. The van der Waals surface area contributed by atoms with E-state index in [0.29, 0.717) is 24.2 Å². The lowest BCUT2D eigenvalue weighted by Crippen LogP contribution is -2.49. The summed E-state index contributed by atoms with van der Waals surface area (Å²) in [4.78, 5) is 17.3. The van der Waals surface area contributed by atoms with E-state index in [2.05, 4.69) is 18.0 Å². The third kappa shape index (κ3) is 5.28. The molecule has 1 saturated carbocycles. The number of aliphatic hydroxyl groups is 1. The Bertz CT molecular complexity index is 525. The van der Waals surface area contributed by atoms with E-state index < -0.39 is 0 Å². The van der Waals surface area contributed by atoms with E-state index in [1.165, 1.54) is 32.1 Å². The number of allylic oxidation sites excluding steroid dienone is 1. The second-order valence-electron chi connectivity index (χ2n) is 8.57. The highest BCUT2D eigenvalue weighted by molar-refractivity contribution is 5.91. The summed E-state index contributed by atoms with van der Waals surface area (Å²) >= 11 is 0. The normalized spacial score (nSPS) is 30.0. The van der Waals surface area contributed by atoms with Gasteiger partial charge in [-0.05, 0) is 57.6 Å². The summed E-state index contributed by atoms with van der Waals surface area (Å²) in [5, 5.41) is 9.38. The van der Waals surface area contributed by atoms with Crippen molar-refractivity contribution in [2.24, 2.45) is 17.8 Å². The summed E-state index contributed by atoms with van der Waals surface area (Å²) in [5.41, 5.74) is 0. The fraction of sp³-hybridized carbons (Fsp3) is 0.864. The fourth-order valence-electron chi connectivity index (χ4n) is 5.00. The number of likely N-dealkylation sites (N-methyl/N-ethyl adjacent to an activating group) is 1. The zero-order chi connectivity index (χ0) is 19.9. The van der Waals surface area contributed by atoms with E-state index in [9.17, 15) is 9.90 Å². The third-order valence-electron chi connectivity index (χ3n) is 6.65. The third-order valence-corrected chi connectivity index (χ3v) is 6.65. The average Bonchev–Trinajstić information content (AvgIpc) is 2.73. The number of piperazine rings is 1. The second-order valence-corrected chi connectivity index (χ2v) is 8.57. The van der Waals surface area contributed by atoms with Crippen molar-refractivity contribution in [1.82, 2.24) is 9.80 Å². The molecule has 2 heterocycles. The fourth-order valence-corrected chi connectivity index (χ4v) is 5.00. The average molecular weight is 395 g/mol. The monoisotopic (exact) mass is 394 g/mol. The topological polar surface area (TPSA) is 62.2 Å². The first-order valence-electron chi connectivity index (χ1n) is 11.2. The highest BCUT2D eigenvalue weighted by atomic mass is 16.7. The molecule has 160 valence electrons. The lowest BCUT2D eigenvalue weighted by atomic mass is 9.71. The van der Waals surface area contributed by atoms with Gasteiger partial charge in [-0.15, -0.1) is 0 Å². The van der Waals surface area contributed by atoms with E-state index in [1.807, 2.05) is 11.8 Å². The van der Waals surface area contributed by atoms with Crippen molar-refractivity contribution in [3.8, 4) is 0 Å².